The van der Waals surface area contributed by atoms with Crippen molar-refractivity contribution in [2.75, 3.05) is 12.4 Å². The average molecular weight is 364 g/mol. The van der Waals surface area contributed by atoms with Crippen LogP contribution in [0.2, 0.25) is 0 Å². The molecule has 0 spiro atoms. The molecule has 1 fully saturated rings. The van der Waals surface area contributed by atoms with Gasteiger partial charge in [0.15, 0.2) is 0 Å². The van der Waals surface area contributed by atoms with Crippen LogP contribution in [0.1, 0.15) is 46.1 Å². The summed E-state index contributed by atoms with van der Waals surface area (Å²) in [4.78, 5) is 14.7. The van der Waals surface area contributed by atoms with Crippen molar-refractivity contribution in [3.05, 3.63) is 65.1 Å². The van der Waals surface area contributed by atoms with Gasteiger partial charge in [0.1, 0.15) is 5.82 Å². The summed E-state index contributed by atoms with van der Waals surface area (Å²) in [6.45, 7) is 1.55. The van der Waals surface area contributed by atoms with Gasteiger partial charge in [0.25, 0.3) is 5.91 Å². The minimum absolute atomic E-state index is 0.134. The smallest absolute Gasteiger partial charge is 0.256 e. The molecule has 1 amide bonds. The van der Waals surface area contributed by atoms with Crippen molar-refractivity contribution >= 4 is 11.7 Å². The third kappa shape index (κ3) is 4.25. The Hall–Kier alpha value is -2.93. The van der Waals surface area contributed by atoms with Crippen molar-refractivity contribution in [2.45, 2.75) is 31.8 Å². The Kier molecular flexibility index (Phi) is 4.77. The first-order valence-electron chi connectivity index (χ1n) is 9.19. The molecule has 0 saturated heterocycles. The molecule has 0 atom stereocenters. The number of carbonyl (C=O) groups excluding carboxylic acids is 1. The van der Waals surface area contributed by atoms with Crippen molar-refractivity contribution in [1.29, 1.82) is 0 Å². The zero-order chi connectivity index (χ0) is 18.8. The highest BCUT2D eigenvalue weighted by Gasteiger charge is 2.26. The highest BCUT2D eigenvalue weighted by atomic mass is 16.1. The molecule has 2 N–H and O–H groups in total. The summed E-state index contributed by atoms with van der Waals surface area (Å²) in [5.41, 5.74) is 4.05. The van der Waals surface area contributed by atoms with Gasteiger partial charge in [-0.25, -0.2) is 0 Å². The van der Waals surface area contributed by atoms with E-state index in [0.717, 1.165) is 24.3 Å². The molecule has 4 rings (SSSR count). The summed E-state index contributed by atoms with van der Waals surface area (Å²) in [6, 6.07) is 11.7. The number of nitrogens with one attached hydrogen (secondary N) is 2. The van der Waals surface area contributed by atoms with Gasteiger partial charge in [-0.1, -0.05) is 12.1 Å². The van der Waals surface area contributed by atoms with Gasteiger partial charge in [0.05, 0.1) is 11.9 Å². The first-order valence-corrected chi connectivity index (χ1v) is 9.19. The van der Waals surface area contributed by atoms with Crippen molar-refractivity contribution in [1.82, 2.24) is 24.9 Å². The number of H-pyrrole nitrogens is 1. The van der Waals surface area contributed by atoms with Crippen molar-refractivity contribution in [2.24, 2.45) is 7.05 Å². The number of hydrogen-bond donors (Lipinski definition) is 2. The first kappa shape index (κ1) is 17.5. The van der Waals surface area contributed by atoms with E-state index in [-0.39, 0.29) is 5.91 Å². The summed E-state index contributed by atoms with van der Waals surface area (Å²) in [5.74, 6) is 1.20. The summed E-state index contributed by atoms with van der Waals surface area (Å²) < 4.78 is 1.63. The predicted octanol–water partition coefficient (Wildman–Crippen LogP) is 2.90. The van der Waals surface area contributed by atoms with Crippen LogP contribution in [0.25, 0.3) is 0 Å². The minimum Gasteiger partial charge on any atom is -0.307 e. The van der Waals surface area contributed by atoms with E-state index < -0.39 is 0 Å². The normalized spacial score (nSPS) is 13.9. The molecule has 1 aliphatic carbocycles. The third-order valence-electron chi connectivity index (χ3n) is 4.79. The zero-order valence-corrected chi connectivity index (χ0v) is 15.6. The minimum atomic E-state index is -0.134. The van der Waals surface area contributed by atoms with Crippen LogP contribution >= 0.6 is 0 Å². The molecule has 0 bridgehead atoms. The lowest BCUT2D eigenvalue weighted by Crippen LogP contribution is -2.18. The van der Waals surface area contributed by atoms with E-state index in [4.69, 9.17) is 0 Å². The Labute approximate surface area is 158 Å². The van der Waals surface area contributed by atoms with Crippen molar-refractivity contribution in [3.8, 4) is 0 Å². The highest BCUT2D eigenvalue weighted by molar-refractivity contribution is 6.03. The number of benzene rings is 1. The molecule has 140 valence electrons. The Morgan fingerprint density at radius 1 is 1.30 bits per heavy atom. The van der Waals surface area contributed by atoms with Crippen LogP contribution in [0.3, 0.4) is 0 Å². The summed E-state index contributed by atoms with van der Waals surface area (Å²) >= 11 is 0. The number of aromatic nitrogens is 4. The predicted molar refractivity (Wildman–Crippen MR) is 103 cm³/mol. The first-order chi connectivity index (χ1) is 13.1. The van der Waals surface area contributed by atoms with Crippen LogP contribution in [0.4, 0.5) is 5.82 Å². The molecule has 2 heterocycles. The van der Waals surface area contributed by atoms with E-state index in [0.29, 0.717) is 17.3 Å². The van der Waals surface area contributed by atoms with Gasteiger partial charge in [-0.2, -0.15) is 10.2 Å². The van der Waals surface area contributed by atoms with E-state index in [9.17, 15) is 4.79 Å². The molecule has 1 saturated carbocycles. The topological polar surface area (TPSA) is 78.8 Å². The second-order valence-corrected chi connectivity index (χ2v) is 7.26. The molecule has 7 nitrogen and oxygen atoms in total. The quantitative estimate of drug-likeness (QED) is 0.676. The Bertz CT molecular complexity index is 939. The molecule has 3 aromatic rings. The van der Waals surface area contributed by atoms with E-state index in [1.54, 1.807) is 24.0 Å². The standard InChI is InChI=1S/C20H24N6O/c1-25(13-17-11-18(24-23-17)15-6-7-15)12-14-4-3-5-16(10-14)20(27)22-19-8-9-21-26(19)2/h3-5,8-11,15H,6-7,12-13H2,1-2H3,(H,22,27)(H,23,24). The lowest BCUT2D eigenvalue weighted by atomic mass is 10.1. The molecular weight excluding hydrogens is 340 g/mol. The zero-order valence-electron chi connectivity index (χ0n) is 15.6. The fraction of sp³-hybridized carbons (Fsp3) is 0.350. The molecule has 7 heteroatoms. The van der Waals surface area contributed by atoms with Crippen LogP contribution in [0.5, 0.6) is 0 Å². The summed E-state index contributed by atoms with van der Waals surface area (Å²) in [6.07, 6.45) is 4.17. The maximum Gasteiger partial charge on any atom is 0.256 e. The average Bonchev–Trinajstić information content (AvgIpc) is 3.27. The Morgan fingerprint density at radius 3 is 2.89 bits per heavy atom. The van der Waals surface area contributed by atoms with Gasteiger partial charge in [-0.3, -0.25) is 19.5 Å². The number of nitrogens with zero attached hydrogens (tertiary/aromatic N) is 4. The van der Waals surface area contributed by atoms with E-state index in [2.05, 4.69) is 38.6 Å². The molecule has 0 radical (unpaired) electrons. The fourth-order valence-electron chi connectivity index (χ4n) is 3.20. The van der Waals surface area contributed by atoms with Crippen LogP contribution < -0.4 is 5.32 Å². The molecule has 2 aromatic heterocycles. The number of amides is 1. The number of aryl methyl sites for hydroxylation is 1. The lowest BCUT2D eigenvalue weighted by molar-refractivity contribution is 0.102. The number of anilines is 1. The molecule has 0 aliphatic heterocycles. The Morgan fingerprint density at radius 2 is 2.15 bits per heavy atom. The van der Waals surface area contributed by atoms with Gasteiger partial charge < -0.3 is 5.32 Å². The fourth-order valence-corrected chi connectivity index (χ4v) is 3.20. The molecular formula is C20H24N6O. The van der Waals surface area contributed by atoms with Crippen LogP contribution in [-0.2, 0) is 20.1 Å². The maximum absolute atomic E-state index is 12.5. The molecule has 0 unspecified atom stereocenters. The van der Waals surface area contributed by atoms with Crippen molar-refractivity contribution < 1.29 is 4.79 Å². The number of rotatable bonds is 7. The van der Waals surface area contributed by atoms with Crippen LogP contribution in [-0.4, -0.2) is 37.8 Å². The van der Waals surface area contributed by atoms with Gasteiger partial charge in [-0.05, 0) is 43.7 Å². The number of carbonyl (C=O) groups is 1. The Balaban J connectivity index is 1.37. The second-order valence-electron chi connectivity index (χ2n) is 7.26. The third-order valence-corrected chi connectivity index (χ3v) is 4.79. The summed E-state index contributed by atoms with van der Waals surface area (Å²) in [7, 11) is 3.87. The van der Waals surface area contributed by atoms with Gasteiger partial charge in [0, 0.05) is 43.4 Å². The summed E-state index contributed by atoms with van der Waals surface area (Å²) in [5, 5.41) is 14.5. The van der Waals surface area contributed by atoms with Gasteiger partial charge >= 0.3 is 0 Å². The van der Waals surface area contributed by atoms with Gasteiger partial charge in [0.2, 0.25) is 0 Å². The molecule has 1 aliphatic rings. The highest BCUT2D eigenvalue weighted by Crippen LogP contribution is 2.39. The van der Waals surface area contributed by atoms with Crippen LogP contribution in [0.15, 0.2) is 42.6 Å². The largest absolute Gasteiger partial charge is 0.307 e. The van der Waals surface area contributed by atoms with Crippen molar-refractivity contribution in [3.63, 3.8) is 0 Å². The molecule has 27 heavy (non-hydrogen) atoms. The monoisotopic (exact) mass is 364 g/mol. The number of hydrogen-bond acceptors (Lipinski definition) is 4. The maximum atomic E-state index is 12.5. The van der Waals surface area contributed by atoms with Crippen LogP contribution in [0, 0.1) is 0 Å². The molecule has 1 aromatic carbocycles. The van der Waals surface area contributed by atoms with E-state index in [1.165, 1.54) is 18.5 Å². The lowest BCUT2D eigenvalue weighted by Gasteiger charge is -2.16. The number of aromatic amines is 1. The van der Waals surface area contributed by atoms with E-state index >= 15 is 0 Å². The van der Waals surface area contributed by atoms with Gasteiger partial charge in [-0.15, -0.1) is 0 Å². The second kappa shape index (κ2) is 7.36. The SMILES string of the molecule is CN(Cc1cccc(C(=O)Nc2ccnn2C)c1)Cc1cc(C2CC2)n[nH]1. The van der Waals surface area contributed by atoms with E-state index in [1.807, 2.05) is 24.3 Å².